The second kappa shape index (κ2) is 9.88. The van der Waals surface area contributed by atoms with E-state index in [0.29, 0.717) is 24.0 Å². The standard InChI is InChI=1S/C34H34ClFN2O5/c1-6-8-17-9-7-10-21(28(17)39)27-19-12-13-20-26(31(42)38(29(20)40)33(2,3)4)22(19)16-23-30(41)37(32(43)34(23,27)5)18-11-14-25(36)24(35)15-18/h6-7,9-12,14-15,20,22-23,26-27,39H,1,8,13,16H2,2-5H3. The minimum Gasteiger partial charge on any atom is -0.507 e. The van der Waals surface area contributed by atoms with Crippen molar-refractivity contribution in [1.82, 2.24) is 4.90 Å². The Hall–Kier alpha value is -3.78. The van der Waals surface area contributed by atoms with Crippen LogP contribution in [-0.4, -0.2) is 39.2 Å². The molecule has 0 aromatic heterocycles. The van der Waals surface area contributed by atoms with Crippen LogP contribution in [0.4, 0.5) is 10.1 Å². The summed E-state index contributed by atoms with van der Waals surface area (Å²) in [5.74, 6) is -5.52. The lowest BCUT2D eigenvalue weighted by molar-refractivity contribution is -0.145. The van der Waals surface area contributed by atoms with Crippen molar-refractivity contribution >= 4 is 40.9 Å². The SMILES string of the molecule is C=CCc1cccc(C2C3=CCC4C(=O)N(C(C)(C)C)C(=O)C4C3CC3C(=O)N(c4ccc(F)c(Cl)c4)C(=O)C32C)c1O. The van der Waals surface area contributed by atoms with Crippen LogP contribution in [0.5, 0.6) is 5.75 Å². The zero-order valence-corrected chi connectivity index (χ0v) is 25.3. The maximum Gasteiger partial charge on any atom is 0.241 e. The average Bonchev–Trinajstić information content (AvgIpc) is 3.31. The number of para-hydroxylation sites is 1. The molecule has 7 nitrogen and oxygen atoms in total. The second-order valence-electron chi connectivity index (χ2n) is 13.3. The molecule has 2 aromatic carbocycles. The van der Waals surface area contributed by atoms with E-state index in [4.69, 9.17) is 11.6 Å². The van der Waals surface area contributed by atoms with Crippen LogP contribution in [0.2, 0.25) is 5.02 Å². The summed E-state index contributed by atoms with van der Waals surface area (Å²) in [4.78, 5) is 58.7. The molecule has 4 amide bonds. The fraction of sp³-hybridized carbons (Fsp3) is 0.412. The molecular weight excluding hydrogens is 571 g/mol. The first-order valence-corrected chi connectivity index (χ1v) is 14.9. The third kappa shape index (κ3) is 4.05. The van der Waals surface area contributed by atoms with Gasteiger partial charge in [0.2, 0.25) is 23.6 Å². The molecular formula is C34H34ClFN2O5. The van der Waals surface area contributed by atoms with Gasteiger partial charge in [0.05, 0.1) is 33.9 Å². The van der Waals surface area contributed by atoms with Crippen LogP contribution < -0.4 is 4.90 Å². The zero-order chi connectivity index (χ0) is 31.2. The number of nitrogens with zero attached hydrogens (tertiary/aromatic N) is 2. The van der Waals surface area contributed by atoms with Gasteiger partial charge in [-0.15, -0.1) is 6.58 Å². The van der Waals surface area contributed by atoms with Gasteiger partial charge in [0.1, 0.15) is 11.6 Å². The van der Waals surface area contributed by atoms with Crippen molar-refractivity contribution in [1.29, 1.82) is 0 Å². The molecule has 6 atom stereocenters. The molecule has 6 rings (SSSR count). The van der Waals surface area contributed by atoms with Gasteiger partial charge in [-0.25, -0.2) is 9.29 Å². The Morgan fingerprint density at radius 1 is 1.09 bits per heavy atom. The number of aromatic hydroxyl groups is 1. The molecule has 9 heteroatoms. The van der Waals surface area contributed by atoms with Gasteiger partial charge in [-0.1, -0.05) is 47.5 Å². The number of likely N-dealkylation sites (tertiary alicyclic amines) is 1. The maximum atomic E-state index is 14.5. The van der Waals surface area contributed by atoms with Crippen LogP contribution in [0.15, 0.2) is 60.7 Å². The largest absolute Gasteiger partial charge is 0.507 e. The van der Waals surface area contributed by atoms with Crippen molar-refractivity contribution in [3.05, 3.63) is 82.7 Å². The molecule has 43 heavy (non-hydrogen) atoms. The maximum absolute atomic E-state index is 14.5. The molecule has 2 heterocycles. The van der Waals surface area contributed by atoms with Gasteiger partial charge in [0, 0.05) is 17.0 Å². The Kier molecular flexibility index (Phi) is 6.73. The van der Waals surface area contributed by atoms with E-state index >= 15 is 0 Å². The first kappa shape index (κ1) is 29.3. The van der Waals surface area contributed by atoms with Gasteiger partial charge in [0.15, 0.2) is 0 Å². The zero-order valence-electron chi connectivity index (χ0n) is 24.6. The number of allylic oxidation sites excluding steroid dienone is 3. The smallest absolute Gasteiger partial charge is 0.241 e. The topological polar surface area (TPSA) is 95.0 Å². The molecule has 4 aliphatic rings. The van der Waals surface area contributed by atoms with E-state index < -0.39 is 58.2 Å². The number of hydrogen-bond donors (Lipinski definition) is 1. The van der Waals surface area contributed by atoms with Crippen LogP contribution in [0.3, 0.4) is 0 Å². The van der Waals surface area contributed by atoms with Crippen molar-refractivity contribution in [2.45, 2.75) is 58.4 Å². The van der Waals surface area contributed by atoms with Crippen LogP contribution in [0.25, 0.3) is 0 Å². The fourth-order valence-electron chi connectivity index (χ4n) is 8.06. The molecule has 1 N–H and O–H groups in total. The number of anilines is 1. The lowest BCUT2D eigenvalue weighted by atomic mass is 9.51. The van der Waals surface area contributed by atoms with Gasteiger partial charge < -0.3 is 5.11 Å². The normalized spacial score (nSPS) is 30.3. The summed E-state index contributed by atoms with van der Waals surface area (Å²) in [6.07, 6.45) is 4.51. The summed E-state index contributed by atoms with van der Waals surface area (Å²) < 4.78 is 14.1. The predicted molar refractivity (Wildman–Crippen MR) is 160 cm³/mol. The highest BCUT2D eigenvalue weighted by Gasteiger charge is 2.68. The Labute approximate surface area is 255 Å². The van der Waals surface area contributed by atoms with Gasteiger partial charge in [0.25, 0.3) is 0 Å². The molecule has 2 aromatic rings. The van der Waals surface area contributed by atoms with Crippen LogP contribution in [0.1, 0.15) is 57.6 Å². The number of phenolic OH excluding ortho intramolecular Hbond substituents is 1. The number of hydrogen-bond acceptors (Lipinski definition) is 5. The number of fused-ring (bicyclic) bond motifs is 4. The Balaban J connectivity index is 1.55. The van der Waals surface area contributed by atoms with Crippen molar-refractivity contribution in [3.63, 3.8) is 0 Å². The van der Waals surface area contributed by atoms with Gasteiger partial charge in [-0.2, -0.15) is 0 Å². The lowest BCUT2D eigenvalue weighted by Crippen LogP contribution is -2.49. The number of benzene rings is 2. The molecule has 0 radical (unpaired) electrons. The van der Waals surface area contributed by atoms with E-state index in [1.54, 1.807) is 31.2 Å². The minimum absolute atomic E-state index is 0.00437. The number of imide groups is 2. The molecule has 1 saturated carbocycles. The monoisotopic (exact) mass is 604 g/mol. The van der Waals surface area contributed by atoms with Gasteiger partial charge >= 0.3 is 0 Å². The quantitative estimate of drug-likeness (QED) is 0.344. The van der Waals surface area contributed by atoms with Gasteiger partial charge in [-0.3, -0.25) is 24.1 Å². The van der Waals surface area contributed by atoms with E-state index in [-0.39, 0.29) is 34.7 Å². The molecule has 0 spiro atoms. The van der Waals surface area contributed by atoms with E-state index in [9.17, 15) is 28.7 Å². The summed E-state index contributed by atoms with van der Waals surface area (Å²) in [5, 5.41) is 11.3. The Morgan fingerprint density at radius 2 is 1.81 bits per heavy atom. The number of rotatable bonds is 4. The fourth-order valence-corrected chi connectivity index (χ4v) is 8.23. The minimum atomic E-state index is -1.34. The van der Waals surface area contributed by atoms with Crippen LogP contribution in [-0.2, 0) is 25.6 Å². The Bertz CT molecular complexity index is 1640. The van der Waals surface area contributed by atoms with Gasteiger partial charge in [-0.05, 0) is 76.6 Å². The Morgan fingerprint density at radius 3 is 2.47 bits per heavy atom. The average molecular weight is 605 g/mol. The second-order valence-corrected chi connectivity index (χ2v) is 13.7. The highest BCUT2D eigenvalue weighted by atomic mass is 35.5. The summed E-state index contributed by atoms with van der Waals surface area (Å²) in [5.41, 5.74) is -0.0277. The molecule has 2 aliphatic heterocycles. The number of carbonyl (C=O) groups is 4. The van der Waals surface area contributed by atoms with E-state index in [1.807, 2.05) is 26.8 Å². The first-order valence-electron chi connectivity index (χ1n) is 14.6. The number of phenols is 1. The molecule has 2 aliphatic carbocycles. The van der Waals surface area contributed by atoms with E-state index in [0.717, 1.165) is 16.5 Å². The summed E-state index contributed by atoms with van der Waals surface area (Å²) in [6.45, 7) is 11.0. The number of halogens is 2. The van der Waals surface area contributed by atoms with E-state index in [2.05, 4.69) is 6.58 Å². The van der Waals surface area contributed by atoms with Crippen LogP contribution in [0, 0.1) is 34.9 Å². The van der Waals surface area contributed by atoms with Crippen molar-refractivity contribution in [3.8, 4) is 5.75 Å². The third-order valence-electron chi connectivity index (χ3n) is 9.93. The van der Waals surface area contributed by atoms with Crippen molar-refractivity contribution in [2.24, 2.45) is 29.1 Å². The van der Waals surface area contributed by atoms with E-state index in [1.165, 1.54) is 17.0 Å². The summed E-state index contributed by atoms with van der Waals surface area (Å²) in [7, 11) is 0. The number of carbonyl (C=O) groups excluding carboxylic acids is 4. The highest BCUT2D eigenvalue weighted by molar-refractivity contribution is 6.31. The predicted octanol–water partition coefficient (Wildman–Crippen LogP) is 5.94. The summed E-state index contributed by atoms with van der Waals surface area (Å²) >= 11 is 6.06. The molecule has 3 fully saturated rings. The number of amides is 4. The van der Waals surface area contributed by atoms with Crippen molar-refractivity contribution in [2.75, 3.05) is 4.90 Å². The lowest BCUT2D eigenvalue weighted by Gasteiger charge is -2.49. The molecule has 0 bridgehead atoms. The molecule has 6 unspecified atom stereocenters. The molecule has 2 saturated heterocycles. The molecule has 224 valence electrons. The first-order chi connectivity index (χ1) is 20.2. The van der Waals surface area contributed by atoms with Crippen molar-refractivity contribution < 1.29 is 28.7 Å². The third-order valence-corrected chi connectivity index (χ3v) is 10.2. The highest BCUT2D eigenvalue weighted by Crippen LogP contribution is 2.64. The van der Waals surface area contributed by atoms with Crippen LogP contribution >= 0.6 is 11.6 Å². The summed E-state index contributed by atoms with van der Waals surface area (Å²) in [6, 6.07) is 9.04.